The molecule has 1 rings (SSSR count). The number of rotatable bonds is 4. The van der Waals surface area contributed by atoms with Crippen molar-refractivity contribution in [3.63, 3.8) is 0 Å². The Hall–Kier alpha value is -1.56. The Morgan fingerprint density at radius 1 is 1.35 bits per heavy atom. The molecule has 94 valence electrons. The summed E-state index contributed by atoms with van der Waals surface area (Å²) in [5.74, 6) is -4.43. The summed E-state index contributed by atoms with van der Waals surface area (Å²) < 4.78 is 39.0. The molecule has 0 aliphatic heterocycles. The fraction of sp³-hybridized carbons (Fsp3) is 0.364. The summed E-state index contributed by atoms with van der Waals surface area (Å²) in [6, 6.07) is 0.925. The van der Waals surface area contributed by atoms with E-state index in [1.807, 2.05) is 0 Å². The Balaban J connectivity index is 2.82. The maximum Gasteiger partial charge on any atom is 0.257 e. The van der Waals surface area contributed by atoms with E-state index in [2.05, 4.69) is 5.32 Å². The van der Waals surface area contributed by atoms with Gasteiger partial charge in [0.15, 0.2) is 0 Å². The number of benzene rings is 1. The van der Waals surface area contributed by atoms with E-state index in [0.29, 0.717) is 18.7 Å². The first-order chi connectivity index (χ1) is 7.95. The molecule has 0 aliphatic carbocycles. The fourth-order valence-corrected chi connectivity index (χ4v) is 1.20. The maximum absolute atomic E-state index is 13.2. The van der Waals surface area contributed by atoms with E-state index in [4.69, 9.17) is 5.73 Å². The molecule has 0 spiro atoms. The van der Waals surface area contributed by atoms with E-state index in [1.54, 1.807) is 6.92 Å². The second kappa shape index (κ2) is 5.67. The molecule has 0 fully saturated rings. The molecule has 0 aromatic heterocycles. The lowest BCUT2D eigenvalue weighted by Crippen LogP contribution is -2.32. The molecule has 17 heavy (non-hydrogen) atoms. The highest BCUT2D eigenvalue weighted by atomic mass is 19.1. The van der Waals surface area contributed by atoms with Crippen LogP contribution < -0.4 is 11.1 Å². The molecule has 0 radical (unpaired) electrons. The molecule has 0 bridgehead atoms. The van der Waals surface area contributed by atoms with Crippen LogP contribution in [0.25, 0.3) is 0 Å². The molecule has 0 heterocycles. The topological polar surface area (TPSA) is 55.1 Å². The number of hydrogen-bond donors (Lipinski definition) is 2. The van der Waals surface area contributed by atoms with Gasteiger partial charge in [-0.15, -0.1) is 0 Å². The predicted molar refractivity (Wildman–Crippen MR) is 56.9 cm³/mol. The summed E-state index contributed by atoms with van der Waals surface area (Å²) in [6.45, 7) is 2.32. The van der Waals surface area contributed by atoms with Crippen LogP contribution in [0.1, 0.15) is 17.3 Å². The van der Waals surface area contributed by atoms with Crippen LogP contribution in [0, 0.1) is 23.4 Å². The van der Waals surface area contributed by atoms with E-state index in [1.165, 1.54) is 0 Å². The summed E-state index contributed by atoms with van der Waals surface area (Å²) >= 11 is 0. The highest BCUT2D eigenvalue weighted by Crippen LogP contribution is 2.14. The molecule has 6 heteroatoms. The lowest BCUT2D eigenvalue weighted by Gasteiger charge is -2.11. The average Bonchev–Trinajstić information content (AvgIpc) is 2.24. The van der Waals surface area contributed by atoms with Crippen molar-refractivity contribution >= 4 is 5.91 Å². The minimum absolute atomic E-state index is 0.00878. The monoisotopic (exact) mass is 246 g/mol. The Morgan fingerprint density at radius 2 is 1.88 bits per heavy atom. The normalized spacial score (nSPS) is 12.3. The number of carbonyl (C=O) groups is 1. The summed E-state index contributed by atoms with van der Waals surface area (Å²) in [7, 11) is 0. The van der Waals surface area contributed by atoms with E-state index >= 15 is 0 Å². The minimum atomic E-state index is -1.22. The van der Waals surface area contributed by atoms with E-state index < -0.39 is 28.9 Å². The molecular formula is C11H13F3N2O. The van der Waals surface area contributed by atoms with E-state index in [-0.39, 0.29) is 12.5 Å². The molecule has 1 aromatic rings. The number of carbonyl (C=O) groups excluding carboxylic acids is 1. The van der Waals surface area contributed by atoms with Crippen LogP contribution in [0.5, 0.6) is 0 Å². The Labute approximate surface area is 96.8 Å². The Bertz CT molecular complexity index is 400. The van der Waals surface area contributed by atoms with Crippen molar-refractivity contribution in [3.8, 4) is 0 Å². The second-order valence-corrected chi connectivity index (χ2v) is 3.80. The molecule has 1 amide bonds. The lowest BCUT2D eigenvalue weighted by atomic mass is 10.1. The van der Waals surface area contributed by atoms with Crippen LogP contribution in [0.15, 0.2) is 12.1 Å². The van der Waals surface area contributed by atoms with Gasteiger partial charge in [0.25, 0.3) is 5.91 Å². The van der Waals surface area contributed by atoms with Gasteiger partial charge in [0.1, 0.15) is 23.0 Å². The number of amides is 1. The first-order valence-corrected chi connectivity index (χ1v) is 5.08. The molecule has 0 saturated heterocycles. The van der Waals surface area contributed by atoms with Crippen molar-refractivity contribution in [2.75, 3.05) is 13.1 Å². The van der Waals surface area contributed by atoms with Crippen molar-refractivity contribution in [1.82, 2.24) is 5.32 Å². The van der Waals surface area contributed by atoms with Gasteiger partial charge >= 0.3 is 0 Å². The largest absolute Gasteiger partial charge is 0.352 e. The molecule has 1 aromatic carbocycles. The second-order valence-electron chi connectivity index (χ2n) is 3.80. The third-order valence-electron chi connectivity index (χ3n) is 2.25. The predicted octanol–water partition coefficient (Wildman–Crippen LogP) is 1.43. The van der Waals surface area contributed by atoms with Crippen molar-refractivity contribution in [3.05, 3.63) is 35.1 Å². The first kappa shape index (κ1) is 13.5. The van der Waals surface area contributed by atoms with Gasteiger partial charge in [-0.3, -0.25) is 4.79 Å². The number of nitrogens with two attached hydrogens (primary N) is 1. The van der Waals surface area contributed by atoms with Crippen LogP contribution in [0.3, 0.4) is 0 Å². The van der Waals surface area contributed by atoms with Gasteiger partial charge in [0.05, 0.1) is 0 Å². The zero-order valence-electron chi connectivity index (χ0n) is 9.27. The zero-order valence-corrected chi connectivity index (χ0v) is 9.27. The third-order valence-corrected chi connectivity index (χ3v) is 2.25. The molecule has 3 N–H and O–H groups in total. The summed E-state index contributed by atoms with van der Waals surface area (Å²) in [6.07, 6.45) is 0. The highest BCUT2D eigenvalue weighted by molar-refractivity contribution is 5.94. The van der Waals surface area contributed by atoms with Gasteiger partial charge in [0.2, 0.25) is 0 Å². The van der Waals surface area contributed by atoms with Crippen molar-refractivity contribution in [2.45, 2.75) is 6.92 Å². The van der Waals surface area contributed by atoms with Crippen LogP contribution in [-0.4, -0.2) is 19.0 Å². The highest BCUT2D eigenvalue weighted by Gasteiger charge is 2.18. The van der Waals surface area contributed by atoms with Crippen LogP contribution in [0.4, 0.5) is 13.2 Å². The molecule has 1 atom stereocenters. The van der Waals surface area contributed by atoms with Crippen molar-refractivity contribution in [2.24, 2.45) is 11.7 Å². The SMILES string of the molecule is CC(CN)CNC(=O)c1c(F)cc(F)cc1F. The average molecular weight is 246 g/mol. The Kier molecular flexibility index (Phi) is 4.51. The fourth-order valence-electron chi connectivity index (χ4n) is 1.20. The van der Waals surface area contributed by atoms with Gasteiger partial charge in [-0.25, -0.2) is 13.2 Å². The van der Waals surface area contributed by atoms with Crippen LogP contribution in [-0.2, 0) is 0 Å². The number of halogens is 3. The Morgan fingerprint density at radius 3 is 2.35 bits per heavy atom. The van der Waals surface area contributed by atoms with Gasteiger partial charge in [-0.2, -0.15) is 0 Å². The van der Waals surface area contributed by atoms with Crippen LogP contribution in [0.2, 0.25) is 0 Å². The number of nitrogens with one attached hydrogen (secondary N) is 1. The number of hydrogen-bond acceptors (Lipinski definition) is 2. The summed E-state index contributed by atoms with van der Waals surface area (Å²) in [5, 5.41) is 2.33. The zero-order chi connectivity index (χ0) is 13.0. The lowest BCUT2D eigenvalue weighted by molar-refractivity contribution is 0.0940. The molecule has 1 unspecified atom stereocenters. The molecular weight excluding hydrogens is 233 g/mol. The molecule has 3 nitrogen and oxygen atoms in total. The first-order valence-electron chi connectivity index (χ1n) is 5.08. The smallest absolute Gasteiger partial charge is 0.257 e. The van der Waals surface area contributed by atoms with Crippen LogP contribution >= 0.6 is 0 Å². The summed E-state index contributed by atoms with van der Waals surface area (Å²) in [5.41, 5.74) is 4.55. The van der Waals surface area contributed by atoms with Gasteiger partial charge in [-0.1, -0.05) is 6.92 Å². The minimum Gasteiger partial charge on any atom is -0.352 e. The summed E-state index contributed by atoms with van der Waals surface area (Å²) in [4.78, 5) is 11.5. The van der Waals surface area contributed by atoms with Gasteiger partial charge in [0, 0.05) is 18.7 Å². The molecule has 0 saturated carbocycles. The quantitative estimate of drug-likeness (QED) is 0.844. The van der Waals surface area contributed by atoms with Gasteiger partial charge in [-0.05, 0) is 12.5 Å². The van der Waals surface area contributed by atoms with Gasteiger partial charge < -0.3 is 11.1 Å². The maximum atomic E-state index is 13.2. The molecule has 0 aliphatic rings. The van der Waals surface area contributed by atoms with E-state index in [9.17, 15) is 18.0 Å². The van der Waals surface area contributed by atoms with Crippen molar-refractivity contribution < 1.29 is 18.0 Å². The third kappa shape index (κ3) is 3.45. The van der Waals surface area contributed by atoms with Crippen molar-refractivity contribution in [1.29, 1.82) is 0 Å². The van der Waals surface area contributed by atoms with E-state index in [0.717, 1.165) is 0 Å². The standard InChI is InChI=1S/C11H13F3N2O/c1-6(4-15)5-16-11(17)10-8(13)2-7(12)3-9(10)14/h2-3,6H,4-5,15H2,1H3,(H,16,17).